The first-order valence-electron chi connectivity index (χ1n) is 9.15. The molecule has 0 aromatic heterocycles. The number of anilines is 1. The number of non-ortho nitro benzene ring substituents is 1. The Morgan fingerprint density at radius 2 is 1.62 bits per heavy atom. The summed E-state index contributed by atoms with van der Waals surface area (Å²) >= 11 is 0. The zero-order valence-electron chi connectivity index (χ0n) is 16.7. The number of carbonyl (C=O) groups is 2. The molecule has 3 rings (SSSR count). The Bertz CT molecular complexity index is 1010. The number of nitro benzene ring substituents is 1. The molecular weight excluding hydrogens is 372 g/mol. The van der Waals surface area contributed by atoms with Gasteiger partial charge in [0.2, 0.25) is 0 Å². The van der Waals surface area contributed by atoms with Gasteiger partial charge in [0.15, 0.2) is 11.5 Å². The van der Waals surface area contributed by atoms with Crippen molar-refractivity contribution in [2.24, 2.45) is 5.41 Å². The molecule has 1 aliphatic heterocycles. The number of amides is 1. The van der Waals surface area contributed by atoms with Gasteiger partial charge in [-0.1, -0.05) is 38.5 Å². The lowest BCUT2D eigenvalue weighted by molar-refractivity contribution is -0.384. The minimum Gasteiger partial charge on any atom is -0.503 e. The molecule has 0 radical (unpaired) electrons. The van der Waals surface area contributed by atoms with Crippen molar-refractivity contribution in [3.63, 3.8) is 0 Å². The Labute approximate surface area is 168 Å². The highest BCUT2D eigenvalue weighted by atomic mass is 16.6. The highest BCUT2D eigenvalue weighted by molar-refractivity contribution is 6.17. The van der Waals surface area contributed by atoms with Gasteiger partial charge in [-0.15, -0.1) is 0 Å². The van der Waals surface area contributed by atoms with E-state index in [0.717, 1.165) is 5.56 Å². The van der Waals surface area contributed by atoms with Crippen LogP contribution in [0.4, 0.5) is 11.4 Å². The van der Waals surface area contributed by atoms with Crippen molar-refractivity contribution < 1.29 is 19.6 Å². The van der Waals surface area contributed by atoms with Gasteiger partial charge in [-0.2, -0.15) is 0 Å². The van der Waals surface area contributed by atoms with E-state index in [1.54, 1.807) is 32.9 Å². The average Bonchev–Trinajstić information content (AvgIpc) is 2.92. The van der Waals surface area contributed by atoms with Gasteiger partial charge in [-0.3, -0.25) is 24.6 Å². The first kappa shape index (κ1) is 20.3. The van der Waals surface area contributed by atoms with Crippen molar-refractivity contribution in [3.05, 3.63) is 81.1 Å². The summed E-state index contributed by atoms with van der Waals surface area (Å²) in [5, 5.41) is 21.6. The molecule has 0 saturated carbocycles. The number of hydrogen-bond acceptors (Lipinski definition) is 5. The lowest BCUT2D eigenvalue weighted by Gasteiger charge is -2.29. The van der Waals surface area contributed by atoms with Crippen LogP contribution in [-0.2, 0) is 9.59 Å². The van der Waals surface area contributed by atoms with Crippen LogP contribution >= 0.6 is 0 Å². The Morgan fingerprint density at radius 1 is 1.07 bits per heavy atom. The van der Waals surface area contributed by atoms with Crippen LogP contribution < -0.4 is 4.90 Å². The highest BCUT2D eigenvalue weighted by Gasteiger charge is 2.46. The van der Waals surface area contributed by atoms with E-state index in [2.05, 4.69) is 0 Å². The van der Waals surface area contributed by atoms with Crippen LogP contribution in [0.3, 0.4) is 0 Å². The third-order valence-electron chi connectivity index (χ3n) is 4.87. The summed E-state index contributed by atoms with van der Waals surface area (Å²) in [5.74, 6) is -1.63. The largest absolute Gasteiger partial charge is 0.503 e. The zero-order chi connectivity index (χ0) is 21.5. The van der Waals surface area contributed by atoms with E-state index >= 15 is 0 Å². The number of nitro groups is 1. The van der Waals surface area contributed by atoms with Crippen molar-refractivity contribution in [1.82, 2.24) is 0 Å². The number of carbonyl (C=O) groups excluding carboxylic acids is 2. The Balaban J connectivity index is 2.18. The SMILES string of the molecule is Cc1ccc(N2C(=O)C(O)=C(C(=O)C(C)(C)C)[C@@H]2c2ccc([N+](=O)[O-])cc2)cc1. The molecule has 7 heteroatoms. The molecule has 7 nitrogen and oxygen atoms in total. The number of nitrogens with zero attached hydrogens (tertiary/aromatic N) is 2. The van der Waals surface area contributed by atoms with Crippen molar-refractivity contribution in [1.29, 1.82) is 0 Å². The van der Waals surface area contributed by atoms with Gasteiger partial charge in [0.25, 0.3) is 11.6 Å². The molecule has 2 aromatic carbocycles. The number of aliphatic hydroxyl groups is 1. The molecular formula is C22H22N2O5. The van der Waals surface area contributed by atoms with Crippen molar-refractivity contribution >= 4 is 23.1 Å². The van der Waals surface area contributed by atoms with Crippen LogP contribution in [0.1, 0.15) is 37.9 Å². The van der Waals surface area contributed by atoms with Gasteiger partial charge in [0.1, 0.15) is 0 Å². The summed E-state index contributed by atoms with van der Waals surface area (Å²) in [6.45, 7) is 7.04. The van der Waals surface area contributed by atoms with Crippen molar-refractivity contribution in [2.45, 2.75) is 33.7 Å². The summed E-state index contributed by atoms with van der Waals surface area (Å²) in [6.07, 6.45) is 0. The molecule has 150 valence electrons. The number of aryl methyl sites for hydroxylation is 1. The monoisotopic (exact) mass is 394 g/mol. The lowest BCUT2D eigenvalue weighted by atomic mass is 9.82. The fourth-order valence-electron chi connectivity index (χ4n) is 3.31. The van der Waals surface area contributed by atoms with E-state index < -0.39 is 28.0 Å². The molecule has 1 aliphatic rings. The maximum atomic E-state index is 13.1. The first-order chi connectivity index (χ1) is 13.5. The molecule has 0 aliphatic carbocycles. The summed E-state index contributed by atoms with van der Waals surface area (Å²) in [7, 11) is 0. The molecule has 1 heterocycles. The van der Waals surface area contributed by atoms with E-state index in [1.165, 1.54) is 29.2 Å². The van der Waals surface area contributed by atoms with Crippen LogP contribution in [0.15, 0.2) is 59.9 Å². The fraction of sp³-hybridized carbons (Fsp3) is 0.273. The van der Waals surface area contributed by atoms with Gasteiger partial charge in [0.05, 0.1) is 16.5 Å². The Morgan fingerprint density at radius 3 is 2.10 bits per heavy atom. The Hall–Kier alpha value is -3.48. The summed E-state index contributed by atoms with van der Waals surface area (Å²) < 4.78 is 0. The van der Waals surface area contributed by atoms with E-state index in [0.29, 0.717) is 11.3 Å². The van der Waals surface area contributed by atoms with Crippen LogP contribution in [0.2, 0.25) is 0 Å². The van der Waals surface area contributed by atoms with Crippen LogP contribution in [0.25, 0.3) is 0 Å². The first-order valence-corrected chi connectivity index (χ1v) is 9.15. The number of rotatable bonds is 4. The second kappa shape index (κ2) is 7.16. The minimum atomic E-state index is -0.877. The highest BCUT2D eigenvalue weighted by Crippen LogP contribution is 2.43. The summed E-state index contributed by atoms with van der Waals surface area (Å²) in [6, 6.07) is 11.9. The molecule has 1 atom stereocenters. The molecule has 0 fully saturated rings. The Kier molecular flexibility index (Phi) is 5.00. The van der Waals surface area contributed by atoms with Gasteiger partial charge < -0.3 is 5.11 Å². The molecule has 2 aromatic rings. The van der Waals surface area contributed by atoms with E-state index in [9.17, 15) is 24.8 Å². The number of Topliss-reactive ketones (excluding diaryl/α,β-unsaturated/α-hetero) is 1. The van der Waals surface area contributed by atoms with E-state index in [1.807, 2.05) is 19.1 Å². The summed E-state index contributed by atoms with van der Waals surface area (Å²) in [4.78, 5) is 37.9. The quantitative estimate of drug-likeness (QED) is 0.611. The average molecular weight is 394 g/mol. The molecule has 0 unspecified atom stereocenters. The van der Waals surface area contributed by atoms with Gasteiger partial charge in [-0.25, -0.2) is 0 Å². The zero-order valence-corrected chi connectivity index (χ0v) is 16.7. The topological polar surface area (TPSA) is 101 Å². The standard InChI is InChI=1S/C22H22N2O5/c1-13-5-9-15(10-6-13)23-18(14-7-11-16(12-8-14)24(28)29)17(19(25)21(23)27)20(26)22(2,3)4/h5-12,18,25H,1-4H3/t18-/m0/s1. The smallest absolute Gasteiger partial charge is 0.294 e. The van der Waals surface area contributed by atoms with Gasteiger partial charge >= 0.3 is 0 Å². The third kappa shape index (κ3) is 3.63. The molecule has 1 amide bonds. The van der Waals surface area contributed by atoms with Crippen LogP contribution in [0.5, 0.6) is 0 Å². The predicted molar refractivity (Wildman–Crippen MR) is 109 cm³/mol. The maximum Gasteiger partial charge on any atom is 0.294 e. The maximum absolute atomic E-state index is 13.1. The second-order valence-corrected chi connectivity index (χ2v) is 8.10. The normalized spacial score (nSPS) is 17.0. The van der Waals surface area contributed by atoms with Crippen LogP contribution in [0, 0.1) is 22.5 Å². The van der Waals surface area contributed by atoms with Crippen LogP contribution in [-0.4, -0.2) is 21.7 Å². The molecule has 0 spiro atoms. The predicted octanol–water partition coefficient (Wildman–Crippen LogP) is 4.42. The molecule has 0 bridgehead atoms. The fourth-order valence-corrected chi connectivity index (χ4v) is 3.31. The molecule has 29 heavy (non-hydrogen) atoms. The van der Waals surface area contributed by atoms with E-state index in [-0.39, 0.29) is 17.0 Å². The lowest BCUT2D eigenvalue weighted by Crippen LogP contribution is -2.32. The van der Waals surface area contributed by atoms with Crippen molar-refractivity contribution in [2.75, 3.05) is 4.90 Å². The minimum absolute atomic E-state index is 0.00284. The molecule has 0 saturated heterocycles. The van der Waals surface area contributed by atoms with Crippen molar-refractivity contribution in [3.8, 4) is 0 Å². The van der Waals surface area contributed by atoms with Gasteiger partial charge in [0, 0.05) is 23.2 Å². The number of ketones is 1. The molecule has 1 N–H and O–H groups in total. The second-order valence-electron chi connectivity index (χ2n) is 8.10. The number of aliphatic hydroxyl groups excluding tert-OH is 1. The number of benzene rings is 2. The number of hydrogen-bond donors (Lipinski definition) is 1. The van der Waals surface area contributed by atoms with Gasteiger partial charge in [-0.05, 0) is 36.8 Å². The summed E-state index contributed by atoms with van der Waals surface area (Å²) in [5.41, 5.74) is 1.09. The third-order valence-corrected chi connectivity index (χ3v) is 4.87. The van der Waals surface area contributed by atoms with E-state index in [4.69, 9.17) is 0 Å².